The monoisotopic (exact) mass is 435 g/mol. The van der Waals surface area contributed by atoms with Crippen LogP contribution in [0.4, 0.5) is 0 Å². The summed E-state index contributed by atoms with van der Waals surface area (Å²) in [6, 6.07) is 15.1. The van der Waals surface area contributed by atoms with E-state index in [1.54, 1.807) is 25.8 Å². The fourth-order valence-electron chi connectivity index (χ4n) is 3.03. The molecular formula is C22H21N5O3S. The van der Waals surface area contributed by atoms with E-state index in [4.69, 9.17) is 9.15 Å². The van der Waals surface area contributed by atoms with Crippen LogP contribution in [0.5, 0.6) is 5.75 Å². The highest BCUT2D eigenvalue weighted by molar-refractivity contribution is 7.99. The maximum absolute atomic E-state index is 12.4. The van der Waals surface area contributed by atoms with Gasteiger partial charge in [0.15, 0.2) is 11.0 Å². The van der Waals surface area contributed by atoms with Crippen LogP contribution in [0.2, 0.25) is 0 Å². The number of nitrogens with one attached hydrogen (secondary N) is 1. The number of benzene rings is 1. The molecule has 9 heteroatoms. The van der Waals surface area contributed by atoms with Gasteiger partial charge >= 0.3 is 0 Å². The van der Waals surface area contributed by atoms with E-state index in [2.05, 4.69) is 20.5 Å². The van der Waals surface area contributed by atoms with Crippen LogP contribution in [0.15, 0.2) is 76.8 Å². The summed E-state index contributed by atoms with van der Waals surface area (Å²) in [6.07, 6.45) is 5.07. The molecule has 3 aromatic heterocycles. The molecular weight excluding hydrogens is 414 g/mol. The molecule has 158 valence electrons. The standard InChI is InChI=1S/C22H21N5O3S/c1-29-19-9-3-2-6-16(19)13-24-20(28)15-31-22-26-25-21(17-7-4-10-23-12-17)27(22)14-18-8-5-11-30-18/h2-12H,13-15H2,1H3,(H,24,28). The number of carbonyl (C=O) groups is 1. The SMILES string of the molecule is COc1ccccc1CNC(=O)CSc1nnc(-c2cccnc2)n1Cc1ccco1. The van der Waals surface area contributed by atoms with Crippen molar-refractivity contribution in [3.8, 4) is 17.1 Å². The van der Waals surface area contributed by atoms with Crippen molar-refractivity contribution in [1.82, 2.24) is 25.1 Å². The molecule has 0 saturated heterocycles. The number of thioether (sulfide) groups is 1. The van der Waals surface area contributed by atoms with Gasteiger partial charge in [0, 0.05) is 30.1 Å². The molecule has 3 heterocycles. The third-order valence-electron chi connectivity index (χ3n) is 4.53. The van der Waals surface area contributed by atoms with Gasteiger partial charge in [-0.3, -0.25) is 14.3 Å². The molecule has 0 aliphatic carbocycles. The van der Waals surface area contributed by atoms with Gasteiger partial charge in [0.05, 0.1) is 25.7 Å². The van der Waals surface area contributed by atoms with Crippen molar-refractivity contribution in [1.29, 1.82) is 0 Å². The van der Waals surface area contributed by atoms with E-state index in [1.807, 2.05) is 53.1 Å². The van der Waals surface area contributed by atoms with Gasteiger partial charge in [0.2, 0.25) is 5.91 Å². The van der Waals surface area contributed by atoms with Gasteiger partial charge in [-0.05, 0) is 30.3 Å². The van der Waals surface area contributed by atoms with Crippen LogP contribution < -0.4 is 10.1 Å². The number of aromatic nitrogens is 4. The van der Waals surface area contributed by atoms with Gasteiger partial charge in [-0.2, -0.15) is 0 Å². The summed E-state index contributed by atoms with van der Waals surface area (Å²) < 4.78 is 12.7. The highest BCUT2D eigenvalue weighted by atomic mass is 32.2. The number of hydrogen-bond acceptors (Lipinski definition) is 7. The van der Waals surface area contributed by atoms with E-state index in [0.717, 1.165) is 22.6 Å². The van der Waals surface area contributed by atoms with Crippen LogP contribution in [-0.4, -0.2) is 38.5 Å². The summed E-state index contributed by atoms with van der Waals surface area (Å²) in [7, 11) is 1.61. The van der Waals surface area contributed by atoms with E-state index in [-0.39, 0.29) is 11.7 Å². The lowest BCUT2D eigenvalue weighted by Gasteiger charge is -2.10. The number of methoxy groups -OCH3 is 1. The molecule has 4 rings (SSSR count). The van der Waals surface area contributed by atoms with Gasteiger partial charge in [-0.1, -0.05) is 30.0 Å². The van der Waals surface area contributed by atoms with Crippen molar-refractivity contribution in [2.75, 3.05) is 12.9 Å². The molecule has 1 amide bonds. The third-order valence-corrected chi connectivity index (χ3v) is 5.50. The van der Waals surface area contributed by atoms with Crippen LogP contribution in [0.25, 0.3) is 11.4 Å². The second-order valence-electron chi connectivity index (χ2n) is 6.59. The minimum absolute atomic E-state index is 0.105. The average molecular weight is 436 g/mol. The molecule has 0 aliphatic heterocycles. The number of amides is 1. The summed E-state index contributed by atoms with van der Waals surface area (Å²) in [4.78, 5) is 16.6. The fraction of sp³-hybridized carbons (Fsp3) is 0.182. The normalized spacial score (nSPS) is 10.7. The van der Waals surface area contributed by atoms with Crippen LogP contribution in [-0.2, 0) is 17.9 Å². The molecule has 0 aliphatic rings. The number of ether oxygens (including phenoxy) is 1. The van der Waals surface area contributed by atoms with Gasteiger partial charge < -0.3 is 14.5 Å². The Labute approximate surface area is 183 Å². The molecule has 0 unspecified atom stereocenters. The van der Waals surface area contributed by atoms with E-state index in [9.17, 15) is 4.79 Å². The zero-order chi connectivity index (χ0) is 21.5. The lowest BCUT2D eigenvalue weighted by Crippen LogP contribution is -2.25. The first-order chi connectivity index (χ1) is 15.2. The smallest absolute Gasteiger partial charge is 0.230 e. The van der Waals surface area contributed by atoms with Crippen molar-refractivity contribution >= 4 is 17.7 Å². The first-order valence-corrected chi connectivity index (χ1v) is 10.6. The minimum atomic E-state index is -0.105. The van der Waals surface area contributed by atoms with Crippen molar-refractivity contribution in [2.24, 2.45) is 0 Å². The second kappa shape index (κ2) is 9.94. The van der Waals surface area contributed by atoms with Crippen LogP contribution >= 0.6 is 11.8 Å². The van der Waals surface area contributed by atoms with Gasteiger partial charge in [0.1, 0.15) is 11.5 Å². The summed E-state index contributed by atoms with van der Waals surface area (Å²) in [5, 5.41) is 12.2. The van der Waals surface area contributed by atoms with Gasteiger partial charge in [-0.15, -0.1) is 10.2 Å². The Kier molecular flexibility index (Phi) is 6.63. The highest BCUT2D eigenvalue weighted by Gasteiger charge is 2.17. The van der Waals surface area contributed by atoms with Crippen molar-refractivity contribution in [3.63, 3.8) is 0 Å². The number of pyridine rings is 1. The van der Waals surface area contributed by atoms with Crippen LogP contribution in [0.3, 0.4) is 0 Å². The van der Waals surface area contributed by atoms with Crippen molar-refractivity contribution < 1.29 is 13.9 Å². The number of rotatable bonds is 9. The Bertz CT molecular complexity index is 1130. The van der Waals surface area contributed by atoms with E-state index in [0.29, 0.717) is 24.1 Å². The Morgan fingerprint density at radius 3 is 2.84 bits per heavy atom. The maximum Gasteiger partial charge on any atom is 0.230 e. The number of para-hydroxylation sites is 1. The predicted octanol–water partition coefficient (Wildman–Crippen LogP) is 3.40. The first kappa shape index (κ1) is 20.7. The molecule has 4 aromatic rings. The predicted molar refractivity (Wildman–Crippen MR) is 117 cm³/mol. The molecule has 0 fully saturated rings. The second-order valence-corrected chi connectivity index (χ2v) is 7.53. The Morgan fingerprint density at radius 1 is 1.16 bits per heavy atom. The maximum atomic E-state index is 12.4. The van der Waals surface area contributed by atoms with Crippen molar-refractivity contribution in [2.45, 2.75) is 18.2 Å². The third kappa shape index (κ3) is 5.13. The number of hydrogen-bond donors (Lipinski definition) is 1. The van der Waals surface area contributed by atoms with E-state index >= 15 is 0 Å². The number of carbonyl (C=O) groups excluding carboxylic acids is 1. The number of furan rings is 1. The molecule has 8 nitrogen and oxygen atoms in total. The lowest BCUT2D eigenvalue weighted by molar-refractivity contribution is -0.118. The molecule has 0 radical (unpaired) electrons. The Morgan fingerprint density at radius 2 is 2.06 bits per heavy atom. The molecule has 0 bridgehead atoms. The lowest BCUT2D eigenvalue weighted by atomic mass is 10.2. The van der Waals surface area contributed by atoms with E-state index < -0.39 is 0 Å². The summed E-state index contributed by atoms with van der Waals surface area (Å²) in [6.45, 7) is 0.846. The zero-order valence-electron chi connectivity index (χ0n) is 16.9. The summed E-state index contributed by atoms with van der Waals surface area (Å²) in [5.74, 6) is 2.29. The minimum Gasteiger partial charge on any atom is -0.496 e. The fourth-order valence-corrected chi connectivity index (χ4v) is 3.80. The van der Waals surface area contributed by atoms with E-state index in [1.165, 1.54) is 11.8 Å². The van der Waals surface area contributed by atoms with Crippen LogP contribution in [0.1, 0.15) is 11.3 Å². The largest absolute Gasteiger partial charge is 0.496 e. The zero-order valence-corrected chi connectivity index (χ0v) is 17.7. The molecule has 0 atom stereocenters. The Balaban J connectivity index is 1.45. The molecule has 0 saturated carbocycles. The first-order valence-electron chi connectivity index (χ1n) is 9.62. The quantitative estimate of drug-likeness (QED) is 0.403. The molecule has 0 spiro atoms. The molecule has 1 N–H and O–H groups in total. The molecule has 1 aromatic carbocycles. The average Bonchev–Trinajstić information content (AvgIpc) is 3.47. The van der Waals surface area contributed by atoms with Crippen molar-refractivity contribution in [3.05, 3.63) is 78.5 Å². The number of nitrogens with zero attached hydrogens (tertiary/aromatic N) is 4. The van der Waals surface area contributed by atoms with Crippen LogP contribution in [0, 0.1) is 0 Å². The van der Waals surface area contributed by atoms with Gasteiger partial charge in [-0.25, -0.2) is 0 Å². The highest BCUT2D eigenvalue weighted by Crippen LogP contribution is 2.25. The Hall–Kier alpha value is -3.59. The summed E-state index contributed by atoms with van der Waals surface area (Å²) in [5.41, 5.74) is 1.76. The molecule has 31 heavy (non-hydrogen) atoms. The topological polar surface area (TPSA) is 95.1 Å². The van der Waals surface area contributed by atoms with Gasteiger partial charge in [0.25, 0.3) is 0 Å². The summed E-state index contributed by atoms with van der Waals surface area (Å²) >= 11 is 1.32.